The van der Waals surface area contributed by atoms with Crippen LogP contribution in [0.25, 0.3) is 0 Å². The van der Waals surface area contributed by atoms with Gasteiger partial charge in [0.15, 0.2) is 0 Å². The molecule has 1 N–H and O–H groups in total. The summed E-state index contributed by atoms with van der Waals surface area (Å²) in [5, 5.41) is 2.89. The molecule has 3 nitrogen and oxygen atoms in total. The molecule has 1 aromatic carbocycles. The fourth-order valence-corrected chi connectivity index (χ4v) is 2.16. The molecule has 1 unspecified atom stereocenters. The fourth-order valence-electron chi connectivity index (χ4n) is 2.16. The van der Waals surface area contributed by atoms with Gasteiger partial charge in [0.2, 0.25) is 5.91 Å². The number of para-hydroxylation sites is 1. The van der Waals surface area contributed by atoms with Crippen LogP contribution in [0.5, 0.6) is 0 Å². The molecular formula is C13H18N2O. The Morgan fingerprint density at radius 1 is 1.44 bits per heavy atom. The van der Waals surface area contributed by atoms with E-state index in [4.69, 9.17) is 0 Å². The topological polar surface area (TPSA) is 32.3 Å². The number of nitrogens with one attached hydrogen (secondary N) is 1. The highest BCUT2D eigenvalue weighted by Gasteiger charge is 2.22. The second-order valence-electron chi connectivity index (χ2n) is 4.37. The molecule has 0 aliphatic carbocycles. The van der Waals surface area contributed by atoms with Crippen molar-refractivity contribution >= 4 is 11.6 Å². The van der Waals surface area contributed by atoms with Crippen LogP contribution >= 0.6 is 0 Å². The number of hydrogen-bond donors (Lipinski definition) is 1. The molecule has 0 radical (unpaired) electrons. The van der Waals surface area contributed by atoms with Crippen molar-refractivity contribution in [1.29, 1.82) is 0 Å². The maximum absolute atomic E-state index is 10.8. The molecule has 1 atom stereocenters. The van der Waals surface area contributed by atoms with E-state index in [2.05, 4.69) is 34.5 Å². The lowest BCUT2D eigenvalue weighted by Gasteiger charge is -2.18. The molecule has 1 aliphatic rings. The van der Waals surface area contributed by atoms with Crippen molar-refractivity contribution in [2.75, 3.05) is 24.5 Å². The zero-order valence-corrected chi connectivity index (χ0v) is 9.65. The van der Waals surface area contributed by atoms with Crippen LogP contribution in [0.4, 0.5) is 5.69 Å². The quantitative estimate of drug-likeness (QED) is 0.836. The van der Waals surface area contributed by atoms with Gasteiger partial charge in [-0.15, -0.1) is 0 Å². The number of carbonyl (C=O) groups excluding carboxylic acids is 1. The van der Waals surface area contributed by atoms with Gasteiger partial charge in [0.25, 0.3) is 0 Å². The highest BCUT2D eigenvalue weighted by molar-refractivity contribution is 5.72. The monoisotopic (exact) mass is 218 g/mol. The average molecular weight is 218 g/mol. The molecule has 1 fully saturated rings. The third-order valence-corrected chi connectivity index (χ3v) is 3.05. The van der Waals surface area contributed by atoms with Gasteiger partial charge >= 0.3 is 0 Å². The van der Waals surface area contributed by atoms with Gasteiger partial charge in [-0.3, -0.25) is 4.79 Å². The molecule has 0 saturated carbocycles. The molecule has 3 heteroatoms. The molecule has 0 aromatic heterocycles. The van der Waals surface area contributed by atoms with E-state index < -0.39 is 0 Å². The van der Waals surface area contributed by atoms with Crippen LogP contribution in [0.15, 0.2) is 30.3 Å². The van der Waals surface area contributed by atoms with Crippen LogP contribution in [-0.2, 0) is 4.79 Å². The molecule has 1 aromatic rings. The first-order valence-corrected chi connectivity index (χ1v) is 5.80. The van der Waals surface area contributed by atoms with Gasteiger partial charge in [0.1, 0.15) is 0 Å². The lowest BCUT2D eigenvalue weighted by atomic mass is 10.1. The third-order valence-electron chi connectivity index (χ3n) is 3.05. The lowest BCUT2D eigenvalue weighted by molar-refractivity contribution is -0.119. The van der Waals surface area contributed by atoms with Crippen LogP contribution in [0, 0.1) is 5.92 Å². The summed E-state index contributed by atoms with van der Waals surface area (Å²) >= 11 is 0. The number of hydrogen-bond acceptors (Lipinski definition) is 2. The molecule has 1 heterocycles. The van der Waals surface area contributed by atoms with Crippen molar-refractivity contribution in [3.05, 3.63) is 30.3 Å². The summed E-state index contributed by atoms with van der Waals surface area (Å²) in [7, 11) is 0. The molecule has 2 rings (SSSR count). The largest absolute Gasteiger partial charge is 0.371 e. The smallest absolute Gasteiger partial charge is 0.216 e. The van der Waals surface area contributed by atoms with Crippen molar-refractivity contribution in [1.82, 2.24) is 5.32 Å². The van der Waals surface area contributed by atoms with Gasteiger partial charge in [-0.25, -0.2) is 0 Å². The minimum atomic E-state index is 0.0677. The number of amides is 1. The predicted molar refractivity (Wildman–Crippen MR) is 65.4 cm³/mol. The highest BCUT2D eigenvalue weighted by atomic mass is 16.1. The first kappa shape index (κ1) is 11.0. The average Bonchev–Trinajstić information content (AvgIpc) is 2.76. The summed E-state index contributed by atoms with van der Waals surface area (Å²) in [4.78, 5) is 13.2. The van der Waals surface area contributed by atoms with E-state index in [9.17, 15) is 4.79 Å². The summed E-state index contributed by atoms with van der Waals surface area (Å²) in [6, 6.07) is 10.4. The van der Waals surface area contributed by atoms with Crippen LogP contribution in [0.3, 0.4) is 0 Å². The van der Waals surface area contributed by atoms with Gasteiger partial charge in [-0.05, 0) is 24.5 Å². The number of nitrogens with zero attached hydrogens (tertiary/aromatic N) is 1. The maximum atomic E-state index is 10.8. The Hall–Kier alpha value is -1.51. The second-order valence-corrected chi connectivity index (χ2v) is 4.37. The standard InChI is InChI=1S/C13H18N2O/c1-11(16)14-9-12-7-8-15(10-12)13-5-3-2-4-6-13/h2-6,12H,7-10H2,1H3,(H,14,16). The lowest BCUT2D eigenvalue weighted by Crippen LogP contribution is -2.29. The third kappa shape index (κ3) is 2.75. The van der Waals surface area contributed by atoms with E-state index in [1.165, 1.54) is 5.69 Å². The summed E-state index contributed by atoms with van der Waals surface area (Å²) in [5.74, 6) is 0.655. The van der Waals surface area contributed by atoms with Gasteiger partial charge in [0, 0.05) is 32.2 Å². The van der Waals surface area contributed by atoms with Crippen molar-refractivity contribution in [2.45, 2.75) is 13.3 Å². The van der Waals surface area contributed by atoms with Crippen LogP contribution in [0.1, 0.15) is 13.3 Å². The van der Waals surface area contributed by atoms with Crippen molar-refractivity contribution in [3.8, 4) is 0 Å². The van der Waals surface area contributed by atoms with E-state index in [0.29, 0.717) is 5.92 Å². The van der Waals surface area contributed by atoms with Crippen molar-refractivity contribution in [3.63, 3.8) is 0 Å². The van der Waals surface area contributed by atoms with Crippen LogP contribution < -0.4 is 10.2 Å². The maximum Gasteiger partial charge on any atom is 0.216 e. The Morgan fingerprint density at radius 3 is 2.88 bits per heavy atom. The van der Waals surface area contributed by atoms with E-state index in [1.807, 2.05) is 6.07 Å². The molecular weight excluding hydrogens is 200 g/mol. The second kappa shape index (κ2) is 5.01. The SMILES string of the molecule is CC(=O)NCC1CCN(c2ccccc2)C1. The Kier molecular flexibility index (Phi) is 3.44. The molecule has 86 valence electrons. The normalized spacial score (nSPS) is 19.8. The fraction of sp³-hybridized carbons (Fsp3) is 0.462. The molecule has 1 saturated heterocycles. The van der Waals surface area contributed by atoms with Gasteiger partial charge in [-0.1, -0.05) is 18.2 Å². The van der Waals surface area contributed by atoms with E-state index >= 15 is 0 Å². The van der Waals surface area contributed by atoms with Gasteiger partial charge in [-0.2, -0.15) is 0 Å². The summed E-state index contributed by atoms with van der Waals surface area (Å²) in [6.45, 7) is 4.52. The zero-order chi connectivity index (χ0) is 11.4. The molecule has 1 amide bonds. The predicted octanol–water partition coefficient (Wildman–Crippen LogP) is 1.65. The Bertz CT molecular complexity index is 350. The number of anilines is 1. The first-order chi connectivity index (χ1) is 7.75. The molecule has 1 aliphatic heterocycles. The van der Waals surface area contributed by atoms with Crippen LogP contribution in [-0.4, -0.2) is 25.5 Å². The van der Waals surface area contributed by atoms with Gasteiger partial charge < -0.3 is 10.2 Å². The summed E-state index contributed by atoms with van der Waals surface area (Å²) < 4.78 is 0. The Labute approximate surface area is 96.5 Å². The number of rotatable bonds is 3. The van der Waals surface area contributed by atoms with Gasteiger partial charge in [0.05, 0.1) is 0 Å². The minimum Gasteiger partial charge on any atom is -0.371 e. The summed E-state index contributed by atoms with van der Waals surface area (Å²) in [6.07, 6.45) is 1.16. The molecule has 16 heavy (non-hydrogen) atoms. The van der Waals surface area contributed by atoms with Crippen molar-refractivity contribution in [2.24, 2.45) is 5.92 Å². The Balaban J connectivity index is 1.86. The Morgan fingerprint density at radius 2 is 2.19 bits per heavy atom. The van der Waals surface area contributed by atoms with E-state index in [0.717, 1.165) is 26.1 Å². The summed E-state index contributed by atoms with van der Waals surface area (Å²) in [5.41, 5.74) is 1.29. The van der Waals surface area contributed by atoms with Crippen LogP contribution in [0.2, 0.25) is 0 Å². The number of benzene rings is 1. The van der Waals surface area contributed by atoms with E-state index in [-0.39, 0.29) is 5.91 Å². The molecule has 0 spiro atoms. The highest BCUT2D eigenvalue weighted by Crippen LogP contribution is 2.22. The minimum absolute atomic E-state index is 0.0677. The number of carbonyl (C=O) groups is 1. The van der Waals surface area contributed by atoms with E-state index in [1.54, 1.807) is 6.92 Å². The van der Waals surface area contributed by atoms with Crippen molar-refractivity contribution < 1.29 is 4.79 Å². The molecule has 0 bridgehead atoms. The first-order valence-electron chi connectivity index (χ1n) is 5.80. The zero-order valence-electron chi connectivity index (χ0n) is 9.65.